The highest BCUT2D eigenvalue weighted by Gasteiger charge is 2.53. The van der Waals surface area contributed by atoms with Gasteiger partial charge in [0.05, 0.1) is 6.10 Å². The molecule has 0 spiro atoms. The molecule has 1 heterocycles. The summed E-state index contributed by atoms with van der Waals surface area (Å²) < 4.78 is 0. The minimum Gasteiger partial charge on any atom is -0.393 e. The maximum Gasteiger partial charge on any atom is 0.0574 e. The van der Waals surface area contributed by atoms with E-state index in [0.29, 0.717) is 5.92 Å². The van der Waals surface area contributed by atoms with Gasteiger partial charge in [-0.15, -0.1) is 0 Å². The van der Waals surface area contributed by atoms with Gasteiger partial charge in [-0.1, -0.05) is 0 Å². The normalized spacial score (nSPS) is 60.3. The number of aliphatic hydroxyl groups is 1. The molecule has 0 unspecified atom stereocenters. The van der Waals surface area contributed by atoms with Gasteiger partial charge in [-0.2, -0.15) is 11.8 Å². The molecule has 5 atom stereocenters. The van der Waals surface area contributed by atoms with Crippen molar-refractivity contribution in [2.24, 2.45) is 23.7 Å². The lowest BCUT2D eigenvalue weighted by Gasteiger charge is -2.27. The summed E-state index contributed by atoms with van der Waals surface area (Å²) in [4.78, 5) is 0. The standard InChI is InChI=1S/C9H14OS/c10-9-2-5-1-6(9)8-4-11-3-7(5)8/h5-10H,1-4H2/t5-,6-,7+,8-,9+/m0/s1. The van der Waals surface area contributed by atoms with Gasteiger partial charge in [-0.3, -0.25) is 0 Å². The fourth-order valence-electron chi connectivity index (χ4n) is 3.41. The number of hydrogen-bond donors (Lipinski definition) is 1. The fraction of sp³-hybridized carbons (Fsp3) is 1.00. The van der Waals surface area contributed by atoms with Crippen LogP contribution in [0.1, 0.15) is 12.8 Å². The summed E-state index contributed by atoms with van der Waals surface area (Å²) in [5.74, 6) is 6.21. The van der Waals surface area contributed by atoms with Crippen LogP contribution < -0.4 is 0 Å². The minimum absolute atomic E-state index is 0.0694. The Morgan fingerprint density at radius 3 is 2.73 bits per heavy atom. The predicted octanol–water partition coefficient (Wildman–Crippen LogP) is 1.37. The van der Waals surface area contributed by atoms with Crippen molar-refractivity contribution >= 4 is 11.8 Å². The van der Waals surface area contributed by atoms with Gasteiger partial charge in [0.2, 0.25) is 0 Å². The minimum atomic E-state index is 0.0694. The van der Waals surface area contributed by atoms with Gasteiger partial charge in [0, 0.05) is 0 Å². The first kappa shape index (κ1) is 6.79. The Morgan fingerprint density at radius 1 is 1.00 bits per heavy atom. The van der Waals surface area contributed by atoms with E-state index in [2.05, 4.69) is 11.8 Å². The van der Waals surface area contributed by atoms with E-state index < -0.39 is 0 Å². The summed E-state index contributed by atoms with van der Waals surface area (Å²) in [5.41, 5.74) is 0. The van der Waals surface area contributed by atoms with Crippen LogP contribution in [0.4, 0.5) is 0 Å². The molecule has 0 aromatic carbocycles. The molecule has 1 N–H and O–H groups in total. The monoisotopic (exact) mass is 170 g/mol. The van der Waals surface area contributed by atoms with Gasteiger partial charge >= 0.3 is 0 Å². The van der Waals surface area contributed by atoms with Crippen LogP contribution in [-0.4, -0.2) is 22.7 Å². The van der Waals surface area contributed by atoms with Gasteiger partial charge in [-0.05, 0) is 48.0 Å². The quantitative estimate of drug-likeness (QED) is 0.592. The first-order valence-electron chi connectivity index (χ1n) is 4.62. The number of rotatable bonds is 0. The maximum absolute atomic E-state index is 9.66. The first-order chi connectivity index (χ1) is 5.36. The Kier molecular flexibility index (Phi) is 1.34. The Hall–Kier alpha value is 0.310. The third-order valence-corrected chi connectivity index (χ3v) is 5.18. The van der Waals surface area contributed by atoms with Crippen LogP contribution >= 0.6 is 11.8 Å². The lowest BCUT2D eigenvalue weighted by atomic mass is 9.80. The molecule has 2 bridgehead atoms. The molecule has 11 heavy (non-hydrogen) atoms. The first-order valence-corrected chi connectivity index (χ1v) is 5.77. The molecule has 2 saturated carbocycles. The molecule has 3 aliphatic rings. The van der Waals surface area contributed by atoms with E-state index in [1.807, 2.05) is 0 Å². The molecule has 62 valence electrons. The van der Waals surface area contributed by atoms with Crippen molar-refractivity contribution in [2.45, 2.75) is 18.9 Å². The van der Waals surface area contributed by atoms with Gasteiger partial charge < -0.3 is 5.11 Å². The van der Waals surface area contributed by atoms with Crippen molar-refractivity contribution in [3.8, 4) is 0 Å². The molecule has 1 aliphatic heterocycles. The highest BCUT2D eigenvalue weighted by Crippen LogP contribution is 2.57. The highest BCUT2D eigenvalue weighted by atomic mass is 32.2. The number of aliphatic hydroxyl groups excluding tert-OH is 1. The summed E-state index contributed by atoms with van der Waals surface area (Å²) in [5, 5.41) is 9.66. The van der Waals surface area contributed by atoms with Gasteiger partial charge in [0.15, 0.2) is 0 Å². The zero-order valence-corrected chi connectivity index (χ0v) is 7.39. The molecular formula is C9H14OS. The number of hydrogen-bond acceptors (Lipinski definition) is 2. The molecule has 0 aromatic heterocycles. The predicted molar refractivity (Wildman–Crippen MR) is 46.5 cm³/mol. The van der Waals surface area contributed by atoms with Crippen molar-refractivity contribution in [1.82, 2.24) is 0 Å². The van der Waals surface area contributed by atoms with Crippen LogP contribution in [0.3, 0.4) is 0 Å². The Bertz CT molecular complexity index is 182. The smallest absolute Gasteiger partial charge is 0.0574 e. The summed E-state index contributed by atoms with van der Waals surface area (Å²) in [7, 11) is 0. The van der Waals surface area contributed by atoms with Crippen molar-refractivity contribution in [3.63, 3.8) is 0 Å². The van der Waals surface area contributed by atoms with E-state index >= 15 is 0 Å². The van der Waals surface area contributed by atoms with E-state index in [1.165, 1.54) is 17.9 Å². The third kappa shape index (κ3) is 0.775. The van der Waals surface area contributed by atoms with Crippen LogP contribution in [0.25, 0.3) is 0 Å². The van der Waals surface area contributed by atoms with Crippen molar-refractivity contribution in [2.75, 3.05) is 11.5 Å². The third-order valence-electron chi connectivity index (χ3n) is 3.94. The van der Waals surface area contributed by atoms with E-state index in [0.717, 1.165) is 24.2 Å². The summed E-state index contributed by atoms with van der Waals surface area (Å²) in [6.45, 7) is 0. The van der Waals surface area contributed by atoms with Gasteiger partial charge in [0.25, 0.3) is 0 Å². The molecule has 1 saturated heterocycles. The average Bonchev–Trinajstić information content (AvgIpc) is 2.52. The summed E-state index contributed by atoms with van der Waals surface area (Å²) in [6.07, 6.45) is 2.53. The lowest BCUT2D eigenvalue weighted by Crippen LogP contribution is -2.29. The molecule has 0 amide bonds. The highest BCUT2D eigenvalue weighted by molar-refractivity contribution is 7.99. The summed E-state index contributed by atoms with van der Waals surface area (Å²) >= 11 is 2.10. The molecule has 2 aliphatic carbocycles. The van der Waals surface area contributed by atoms with E-state index in [4.69, 9.17) is 0 Å². The van der Waals surface area contributed by atoms with Crippen molar-refractivity contribution in [1.29, 1.82) is 0 Å². The fourth-order valence-corrected chi connectivity index (χ4v) is 5.11. The molecule has 3 fully saturated rings. The van der Waals surface area contributed by atoms with E-state index in [1.54, 1.807) is 0 Å². The van der Waals surface area contributed by atoms with Crippen LogP contribution in [0, 0.1) is 23.7 Å². The second-order valence-corrected chi connectivity index (χ2v) is 5.40. The Balaban J connectivity index is 1.90. The topological polar surface area (TPSA) is 20.2 Å². The Labute approximate surface area is 71.6 Å². The molecule has 3 rings (SSSR count). The lowest BCUT2D eigenvalue weighted by molar-refractivity contribution is 0.0704. The Morgan fingerprint density at radius 2 is 1.82 bits per heavy atom. The largest absolute Gasteiger partial charge is 0.393 e. The molecular weight excluding hydrogens is 156 g/mol. The summed E-state index contributed by atoms with van der Waals surface area (Å²) in [6, 6.07) is 0. The molecule has 2 heteroatoms. The van der Waals surface area contributed by atoms with E-state index in [-0.39, 0.29) is 6.10 Å². The molecule has 1 nitrogen and oxygen atoms in total. The molecule has 0 radical (unpaired) electrons. The van der Waals surface area contributed by atoms with E-state index in [9.17, 15) is 5.11 Å². The molecule has 0 aromatic rings. The van der Waals surface area contributed by atoms with Gasteiger partial charge in [0.1, 0.15) is 0 Å². The zero-order valence-electron chi connectivity index (χ0n) is 6.57. The van der Waals surface area contributed by atoms with Crippen LogP contribution in [-0.2, 0) is 0 Å². The maximum atomic E-state index is 9.66. The van der Waals surface area contributed by atoms with Gasteiger partial charge in [-0.25, -0.2) is 0 Å². The SMILES string of the molecule is O[C@@H]1C[C@@H]2C[C@H]1[C@@H]1CSC[C@H]21. The van der Waals surface area contributed by atoms with Crippen LogP contribution in [0.15, 0.2) is 0 Å². The van der Waals surface area contributed by atoms with Crippen molar-refractivity contribution in [3.05, 3.63) is 0 Å². The second kappa shape index (κ2) is 2.17. The zero-order chi connectivity index (χ0) is 7.42. The van der Waals surface area contributed by atoms with Crippen LogP contribution in [0.2, 0.25) is 0 Å². The average molecular weight is 170 g/mol. The second-order valence-electron chi connectivity index (χ2n) is 4.33. The van der Waals surface area contributed by atoms with Crippen LogP contribution in [0.5, 0.6) is 0 Å². The number of thioether (sulfide) groups is 1. The number of fused-ring (bicyclic) bond motifs is 5. The van der Waals surface area contributed by atoms with Crippen molar-refractivity contribution < 1.29 is 5.11 Å².